The Kier molecular flexibility index (Phi) is 6.95. The van der Waals surface area contributed by atoms with E-state index in [2.05, 4.69) is 43.7 Å². The van der Waals surface area contributed by atoms with Crippen LogP contribution < -0.4 is 0 Å². The molecule has 28 heavy (non-hydrogen) atoms. The van der Waals surface area contributed by atoms with E-state index < -0.39 is 9.84 Å². The highest BCUT2D eigenvalue weighted by Crippen LogP contribution is 2.26. The van der Waals surface area contributed by atoms with Crippen LogP contribution in [0.5, 0.6) is 0 Å². The fourth-order valence-corrected chi connectivity index (χ4v) is 5.70. The Morgan fingerprint density at radius 2 is 1.86 bits per heavy atom. The third-order valence-electron chi connectivity index (χ3n) is 4.20. The maximum atomic E-state index is 12.5. The minimum atomic E-state index is -3.32. The number of aromatic nitrogens is 3. The van der Waals surface area contributed by atoms with Crippen molar-refractivity contribution in [2.75, 3.05) is 11.5 Å². The number of sulfone groups is 1. The lowest BCUT2D eigenvalue weighted by atomic mass is 10.1. The number of halogens is 1. The van der Waals surface area contributed by atoms with Crippen molar-refractivity contribution in [2.24, 2.45) is 0 Å². The summed E-state index contributed by atoms with van der Waals surface area (Å²) in [5, 5.41) is 9.44. The third kappa shape index (κ3) is 5.04. The highest BCUT2D eigenvalue weighted by atomic mass is 79.9. The number of aryl methyl sites for hydroxylation is 1. The number of nitrogens with zero attached hydrogens (tertiary/aromatic N) is 3. The van der Waals surface area contributed by atoms with E-state index in [-0.39, 0.29) is 5.75 Å². The second-order valence-electron chi connectivity index (χ2n) is 6.45. The van der Waals surface area contributed by atoms with Gasteiger partial charge >= 0.3 is 0 Å². The maximum Gasteiger partial charge on any atom is 0.191 e. The van der Waals surface area contributed by atoms with Crippen LogP contribution in [0.25, 0.3) is 11.4 Å². The maximum absolute atomic E-state index is 12.5. The van der Waals surface area contributed by atoms with Gasteiger partial charge < -0.3 is 4.57 Å². The summed E-state index contributed by atoms with van der Waals surface area (Å²) in [6.07, 6.45) is 0.946. The van der Waals surface area contributed by atoms with E-state index in [0.29, 0.717) is 10.6 Å². The molecule has 5 nitrogen and oxygen atoms in total. The molecule has 0 aliphatic carbocycles. The monoisotopic (exact) mass is 479 g/mol. The van der Waals surface area contributed by atoms with E-state index in [1.54, 1.807) is 24.3 Å². The second-order valence-corrected chi connectivity index (χ2v) is 10.5. The first kappa shape index (κ1) is 21.1. The zero-order valence-electron chi connectivity index (χ0n) is 15.8. The molecule has 8 heteroatoms. The van der Waals surface area contributed by atoms with Gasteiger partial charge in [0, 0.05) is 22.3 Å². The van der Waals surface area contributed by atoms with Crippen molar-refractivity contribution < 1.29 is 8.42 Å². The van der Waals surface area contributed by atoms with Gasteiger partial charge in [0.25, 0.3) is 0 Å². The molecule has 0 saturated heterocycles. The second kappa shape index (κ2) is 9.24. The van der Waals surface area contributed by atoms with Gasteiger partial charge in [0.1, 0.15) is 0 Å². The molecule has 0 aliphatic heterocycles. The zero-order valence-corrected chi connectivity index (χ0v) is 19.0. The molecule has 3 aromatic rings. The summed E-state index contributed by atoms with van der Waals surface area (Å²) in [7, 11) is -3.32. The van der Waals surface area contributed by atoms with Crippen molar-refractivity contribution in [1.82, 2.24) is 14.8 Å². The molecular weight excluding hydrogens is 458 g/mol. The molecule has 0 fully saturated rings. The lowest BCUT2D eigenvalue weighted by Gasteiger charge is -2.09. The fraction of sp³-hybridized carbons (Fsp3) is 0.300. The number of rotatable bonds is 8. The predicted octanol–water partition coefficient (Wildman–Crippen LogP) is 4.99. The average Bonchev–Trinajstić information content (AvgIpc) is 3.05. The summed E-state index contributed by atoms with van der Waals surface area (Å²) in [6.45, 7) is 4.94. The zero-order chi connectivity index (χ0) is 20.1. The van der Waals surface area contributed by atoms with Gasteiger partial charge in [0.05, 0.1) is 10.6 Å². The summed E-state index contributed by atoms with van der Waals surface area (Å²) >= 11 is 4.76. The van der Waals surface area contributed by atoms with Gasteiger partial charge in [0.15, 0.2) is 20.8 Å². The molecule has 1 aromatic heterocycles. The van der Waals surface area contributed by atoms with E-state index in [1.165, 1.54) is 17.3 Å². The molecule has 2 aromatic carbocycles. The van der Waals surface area contributed by atoms with Gasteiger partial charge in [-0.05, 0) is 43.7 Å². The highest BCUT2D eigenvalue weighted by Gasteiger charge is 2.17. The molecule has 0 unspecified atom stereocenters. The Labute approximate surface area is 178 Å². The first-order valence-corrected chi connectivity index (χ1v) is 12.4. The van der Waals surface area contributed by atoms with Crippen molar-refractivity contribution in [3.63, 3.8) is 0 Å². The molecule has 0 aliphatic rings. The van der Waals surface area contributed by atoms with Crippen LogP contribution in [0.1, 0.15) is 18.9 Å². The lowest BCUT2D eigenvalue weighted by Crippen LogP contribution is -2.10. The minimum Gasteiger partial charge on any atom is -0.302 e. The fourth-order valence-electron chi connectivity index (χ4n) is 2.82. The van der Waals surface area contributed by atoms with Crippen LogP contribution in [0.4, 0.5) is 0 Å². The van der Waals surface area contributed by atoms with Gasteiger partial charge in [-0.1, -0.05) is 58.4 Å². The van der Waals surface area contributed by atoms with Crippen molar-refractivity contribution in [3.8, 4) is 11.4 Å². The Morgan fingerprint density at radius 3 is 2.54 bits per heavy atom. The molecule has 1 heterocycles. The first-order valence-electron chi connectivity index (χ1n) is 9.02. The van der Waals surface area contributed by atoms with Crippen LogP contribution in [0.3, 0.4) is 0 Å². The largest absolute Gasteiger partial charge is 0.302 e. The Morgan fingerprint density at radius 1 is 1.11 bits per heavy atom. The molecule has 0 atom stereocenters. The number of thioether (sulfide) groups is 1. The minimum absolute atomic E-state index is 0.0536. The van der Waals surface area contributed by atoms with Crippen molar-refractivity contribution in [1.29, 1.82) is 0 Å². The average molecular weight is 480 g/mol. The summed E-state index contributed by atoms with van der Waals surface area (Å²) in [4.78, 5) is 0.340. The normalized spacial score (nSPS) is 11.7. The van der Waals surface area contributed by atoms with Crippen molar-refractivity contribution >= 4 is 37.5 Å². The number of hydrogen-bond acceptors (Lipinski definition) is 5. The molecule has 0 amide bonds. The van der Waals surface area contributed by atoms with Gasteiger partial charge in [-0.25, -0.2) is 8.42 Å². The number of benzene rings is 2. The SMILES string of the molecule is CCCn1c(SCCS(=O)(=O)c2ccc(Br)cc2)nnc1-c1cccc(C)c1. The summed E-state index contributed by atoms with van der Waals surface area (Å²) < 4.78 is 28.0. The standard InChI is InChI=1S/C20H22BrN3O2S2/c1-3-11-24-19(16-6-4-5-15(2)14-16)22-23-20(24)27-12-13-28(25,26)18-9-7-17(21)8-10-18/h4-10,14H,3,11-13H2,1-2H3. The van der Waals surface area contributed by atoms with E-state index in [1.807, 2.05) is 25.1 Å². The van der Waals surface area contributed by atoms with Crippen molar-refractivity contribution in [2.45, 2.75) is 36.9 Å². The van der Waals surface area contributed by atoms with Gasteiger partial charge in [-0.15, -0.1) is 10.2 Å². The summed E-state index contributed by atoms with van der Waals surface area (Å²) in [5.41, 5.74) is 2.19. The van der Waals surface area contributed by atoms with Crippen molar-refractivity contribution in [3.05, 3.63) is 58.6 Å². The van der Waals surface area contributed by atoms with Crippen LogP contribution >= 0.6 is 27.7 Å². The van der Waals surface area contributed by atoms with Crippen LogP contribution in [-0.2, 0) is 16.4 Å². The van der Waals surface area contributed by atoms with Crippen LogP contribution in [0.15, 0.2) is 63.1 Å². The van der Waals surface area contributed by atoms with E-state index in [0.717, 1.165) is 34.0 Å². The van der Waals surface area contributed by atoms with Crippen LogP contribution in [0.2, 0.25) is 0 Å². The van der Waals surface area contributed by atoms with Crippen LogP contribution in [-0.4, -0.2) is 34.7 Å². The van der Waals surface area contributed by atoms with Gasteiger partial charge in [0.2, 0.25) is 0 Å². The number of hydrogen-bond donors (Lipinski definition) is 0. The van der Waals surface area contributed by atoms with E-state index in [9.17, 15) is 8.42 Å². The highest BCUT2D eigenvalue weighted by molar-refractivity contribution is 9.10. The van der Waals surface area contributed by atoms with Gasteiger partial charge in [-0.3, -0.25) is 0 Å². The van der Waals surface area contributed by atoms with Crippen LogP contribution in [0, 0.1) is 6.92 Å². The topological polar surface area (TPSA) is 64.8 Å². The van der Waals surface area contributed by atoms with Gasteiger partial charge in [-0.2, -0.15) is 0 Å². The van der Waals surface area contributed by atoms with E-state index in [4.69, 9.17) is 0 Å². The summed E-state index contributed by atoms with van der Waals surface area (Å²) in [6, 6.07) is 14.9. The molecule has 0 N–H and O–H groups in total. The predicted molar refractivity (Wildman–Crippen MR) is 117 cm³/mol. The first-order chi connectivity index (χ1) is 13.4. The Hall–Kier alpha value is -1.64. The molecule has 0 radical (unpaired) electrons. The summed E-state index contributed by atoms with van der Waals surface area (Å²) in [5.74, 6) is 1.30. The molecule has 3 rings (SSSR count). The Balaban J connectivity index is 1.75. The molecular formula is C20H22BrN3O2S2. The lowest BCUT2D eigenvalue weighted by molar-refractivity contribution is 0.597. The smallest absolute Gasteiger partial charge is 0.191 e. The third-order valence-corrected chi connectivity index (χ3v) is 7.68. The van der Waals surface area contributed by atoms with E-state index >= 15 is 0 Å². The molecule has 0 spiro atoms. The quantitative estimate of drug-likeness (QED) is 0.425. The molecule has 0 saturated carbocycles. The molecule has 0 bridgehead atoms. The Bertz CT molecular complexity index is 1050. The molecule has 148 valence electrons.